The van der Waals surface area contributed by atoms with Crippen molar-refractivity contribution in [2.45, 2.75) is 37.7 Å². The molecular weight excluding hydrogens is 311 g/mol. The molecule has 0 aliphatic carbocycles. The van der Waals surface area contributed by atoms with Crippen molar-refractivity contribution < 1.29 is 19.0 Å². The molecule has 1 heterocycles. The van der Waals surface area contributed by atoms with E-state index >= 15 is 0 Å². The van der Waals surface area contributed by atoms with Crippen LogP contribution in [0.5, 0.6) is 0 Å². The first kappa shape index (κ1) is 18.7. The molecule has 0 spiro atoms. The zero-order valence-electron chi connectivity index (χ0n) is 14.2. The van der Waals surface area contributed by atoms with E-state index in [1.165, 1.54) is 12.1 Å². The number of unbranched alkanes of at least 4 members (excludes halogenated alkanes) is 1. The second-order valence-electron chi connectivity index (χ2n) is 6.51. The molecule has 1 aromatic carbocycles. The number of carbonyl (C=O) groups excluding carboxylic acids is 1. The van der Waals surface area contributed by atoms with E-state index in [4.69, 9.17) is 10.5 Å². The summed E-state index contributed by atoms with van der Waals surface area (Å²) in [5, 5.41) is 11.4. The van der Waals surface area contributed by atoms with Crippen LogP contribution in [0.4, 0.5) is 9.18 Å². The second-order valence-corrected chi connectivity index (χ2v) is 6.51. The van der Waals surface area contributed by atoms with E-state index in [-0.39, 0.29) is 11.7 Å². The first-order valence-corrected chi connectivity index (χ1v) is 8.49. The van der Waals surface area contributed by atoms with Gasteiger partial charge in [-0.3, -0.25) is 0 Å². The minimum Gasteiger partial charge on any atom is -0.385 e. The third-order valence-electron chi connectivity index (χ3n) is 4.89. The Morgan fingerprint density at radius 3 is 2.96 bits per heavy atom. The Kier molecular flexibility index (Phi) is 6.57. The fourth-order valence-electron chi connectivity index (χ4n) is 3.55. The first-order chi connectivity index (χ1) is 11.5. The quantitative estimate of drug-likeness (QED) is 0.751. The van der Waals surface area contributed by atoms with Gasteiger partial charge in [0, 0.05) is 32.7 Å². The van der Waals surface area contributed by atoms with Gasteiger partial charge in [-0.05, 0) is 49.8 Å². The third kappa shape index (κ3) is 4.45. The summed E-state index contributed by atoms with van der Waals surface area (Å²) in [6, 6.07) is 5.65. The molecule has 5 nitrogen and oxygen atoms in total. The Morgan fingerprint density at radius 1 is 1.50 bits per heavy atom. The maximum atomic E-state index is 13.7. The van der Waals surface area contributed by atoms with Crippen LogP contribution in [0.1, 0.15) is 37.7 Å². The van der Waals surface area contributed by atoms with Gasteiger partial charge in [0.15, 0.2) is 0 Å². The summed E-state index contributed by atoms with van der Waals surface area (Å²) in [4.78, 5) is 13.1. The number of hydrogen-bond acceptors (Lipinski definition) is 3. The van der Waals surface area contributed by atoms with E-state index in [1.807, 2.05) is 0 Å². The summed E-state index contributed by atoms with van der Waals surface area (Å²) < 4.78 is 18.8. The highest BCUT2D eigenvalue weighted by Crippen LogP contribution is 2.39. The van der Waals surface area contributed by atoms with E-state index in [1.54, 1.807) is 24.1 Å². The Hall–Kier alpha value is -1.66. The normalized spacial score (nSPS) is 20.6. The molecule has 0 saturated carbocycles. The smallest absolute Gasteiger partial charge is 0.314 e. The number of urea groups is 1. The van der Waals surface area contributed by atoms with Gasteiger partial charge in [0.2, 0.25) is 0 Å². The van der Waals surface area contributed by atoms with Gasteiger partial charge in [-0.1, -0.05) is 12.1 Å². The lowest BCUT2D eigenvalue weighted by atomic mass is 9.74. The van der Waals surface area contributed by atoms with Crippen molar-refractivity contribution in [2.24, 2.45) is 11.7 Å². The van der Waals surface area contributed by atoms with Crippen LogP contribution in [0.2, 0.25) is 0 Å². The summed E-state index contributed by atoms with van der Waals surface area (Å²) in [6.45, 7) is 1.62. The number of halogens is 1. The monoisotopic (exact) mass is 338 g/mol. The van der Waals surface area contributed by atoms with Gasteiger partial charge in [-0.2, -0.15) is 0 Å². The van der Waals surface area contributed by atoms with E-state index < -0.39 is 11.6 Å². The fourth-order valence-corrected chi connectivity index (χ4v) is 3.55. The summed E-state index contributed by atoms with van der Waals surface area (Å²) in [5.41, 5.74) is 4.79. The maximum Gasteiger partial charge on any atom is 0.314 e. The SMILES string of the molecule is COCCCC[C@@](O)(c1cccc(F)c1)[C@@H]1CCCN(C(N)=O)C1. The molecule has 134 valence electrons. The molecule has 1 aliphatic heterocycles. The van der Waals surface area contributed by atoms with Gasteiger partial charge in [-0.15, -0.1) is 0 Å². The van der Waals surface area contributed by atoms with Crippen LogP contribution >= 0.6 is 0 Å². The average molecular weight is 338 g/mol. The lowest BCUT2D eigenvalue weighted by Gasteiger charge is -2.42. The highest BCUT2D eigenvalue weighted by atomic mass is 19.1. The Bertz CT molecular complexity index is 555. The summed E-state index contributed by atoms with van der Waals surface area (Å²) >= 11 is 0. The number of hydrogen-bond donors (Lipinski definition) is 2. The molecule has 0 unspecified atom stereocenters. The van der Waals surface area contributed by atoms with Crippen molar-refractivity contribution in [2.75, 3.05) is 26.8 Å². The highest BCUT2D eigenvalue weighted by molar-refractivity contribution is 5.72. The first-order valence-electron chi connectivity index (χ1n) is 8.49. The molecule has 1 fully saturated rings. The zero-order chi connectivity index (χ0) is 17.6. The van der Waals surface area contributed by atoms with Gasteiger partial charge in [0.25, 0.3) is 0 Å². The highest BCUT2D eigenvalue weighted by Gasteiger charge is 2.41. The number of nitrogens with zero attached hydrogens (tertiary/aromatic N) is 1. The molecule has 2 atom stereocenters. The van der Waals surface area contributed by atoms with Crippen molar-refractivity contribution >= 4 is 6.03 Å². The van der Waals surface area contributed by atoms with Crippen molar-refractivity contribution in [3.05, 3.63) is 35.6 Å². The molecule has 1 aromatic rings. The van der Waals surface area contributed by atoms with Gasteiger partial charge in [-0.25, -0.2) is 9.18 Å². The van der Waals surface area contributed by atoms with Crippen LogP contribution in [0.3, 0.4) is 0 Å². The number of rotatable bonds is 7. The van der Waals surface area contributed by atoms with Gasteiger partial charge in [0.1, 0.15) is 5.82 Å². The number of benzene rings is 1. The number of piperidine rings is 1. The molecule has 6 heteroatoms. The maximum absolute atomic E-state index is 13.7. The van der Waals surface area contributed by atoms with Gasteiger partial charge >= 0.3 is 6.03 Å². The van der Waals surface area contributed by atoms with E-state index in [0.717, 1.165) is 25.7 Å². The second kappa shape index (κ2) is 8.44. The minimum absolute atomic E-state index is 0.164. The molecule has 2 rings (SSSR count). The van der Waals surface area contributed by atoms with Crippen LogP contribution in [0.25, 0.3) is 0 Å². The lowest BCUT2D eigenvalue weighted by Crippen LogP contribution is -2.49. The van der Waals surface area contributed by atoms with Crippen molar-refractivity contribution in [3.63, 3.8) is 0 Å². The molecule has 1 saturated heterocycles. The lowest BCUT2D eigenvalue weighted by molar-refractivity contribution is -0.0561. The Morgan fingerprint density at radius 2 is 2.29 bits per heavy atom. The van der Waals surface area contributed by atoms with Crippen LogP contribution in [-0.2, 0) is 10.3 Å². The largest absolute Gasteiger partial charge is 0.385 e. The molecule has 1 aliphatic rings. The van der Waals surface area contributed by atoms with Crippen molar-refractivity contribution in [3.8, 4) is 0 Å². The number of primary amides is 1. The van der Waals surface area contributed by atoms with Crippen LogP contribution < -0.4 is 5.73 Å². The van der Waals surface area contributed by atoms with Crippen molar-refractivity contribution in [1.82, 2.24) is 4.90 Å². The number of nitrogens with two attached hydrogens (primary N) is 1. The Balaban J connectivity index is 2.22. The molecule has 0 radical (unpaired) electrons. The molecule has 0 bridgehead atoms. The number of methoxy groups -OCH3 is 1. The summed E-state index contributed by atoms with van der Waals surface area (Å²) in [5.74, 6) is -0.534. The Labute approximate surface area is 142 Å². The number of carbonyl (C=O) groups is 1. The molecular formula is C18H27FN2O3. The van der Waals surface area contributed by atoms with Crippen LogP contribution in [0.15, 0.2) is 24.3 Å². The minimum atomic E-state index is -1.18. The van der Waals surface area contributed by atoms with E-state index in [2.05, 4.69) is 0 Å². The number of aliphatic hydroxyl groups is 1. The molecule has 2 amide bonds. The number of ether oxygens (including phenoxy) is 1. The van der Waals surface area contributed by atoms with Crippen molar-refractivity contribution in [1.29, 1.82) is 0 Å². The summed E-state index contributed by atoms with van der Waals surface area (Å²) in [6.07, 6.45) is 3.63. The molecule has 24 heavy (non-hydrogen) atoms. The third-order valence-corrected chi connectivity index (χ3v) is 4.89. The zero-order valence-corrected chi connectivity index (χ0v) is 14.2. The van der Waals surface area contributed by atoms with Gasteiger partial charge in [0.05, 0.1) is 5.60 Å². The standard InChI is InChI=1S/C18H27FN2O3/c1-24-11-3-2-9-18(23,14-6-4-8-16(19)12-14)15-7-5-10-21(13-15)17(20)22/h4,6,8,12,15,23H,2-3,5,7,9-11,13H2,1H3,(H2,20,22)/t15-,18-/m1/s1. The summed E-state index contributed by atoms with van der Waals surface area (Å²) in [7, 11) is 1.64. The van der Waals surface area contributed by atoms with E-state index in [0.29, 0.717) is 31.7 Å². The van der Waals surface area contributed by atoms with E-state index in [9.17, 15) is 14.3 Å². The average Bonchev–Trinajstić information content (AvgIpc) is 2.58. The topological polar surface area (TPSA) is 75.8 Å². The molecule has 3 N–H and O–H groups in total. The predicted molar refractivity (Wildman–Crippen MR) is 89.9 cm³/mol. The number of amides is 2. The number of likely N-dealkylation sites (tertiary alicyclic amines) is 1. The fraction of sp³-hybridized carbons (Fsp3) is 0.611. The molecule has 0 aromatic heterocycles. The van der Waals surface area contributed by atoms with Crippen LogP contribution in [-0.4, -0.2) is 42.8 Å². The van der Waals surface area contributed by atoms with Gasteiger partial charge < -0.3 is 20.5 Å². The van der Waals surface area contributed by atoms with Crippen LogP contribution in [0, 0.1) is 11.7 Å². The predicted octanol–water partition coefficient (Wildman–Crippen LogP) is 2.62.